The van der Waals surface area contributed by atoms with Gasteiger partial charge in [0, 0.05) is 18.0 Å². The smallest absolute Gasteiger partial charge is 0.230 e. The number of hydrogen-bond acceptors (Lipinski definition) is 4. The average Bonchev–Trinajstić information content (AvgIpc) is 2.38. The highest BCUT2D eigenvalue weighted by Gasteiger charge is 2.06. The molecule has 1 aromatic heterocycles. The van der Waals surface area contributed by atoms with Gasteiger partial charge < -0.3 is 10.5 Å². The molecule has 0 saturated heterocycles. The van der Waals surface area contributed by atoms with Gasteiger partial charge in [-0.15, -0.1) is 0 Å². The maximum absolute atomic E-state index is 5.70. The van der Waals surface area contributed by atoms with E-state index in [0.717, 1.165) is 22.3 Å². The molecule has 0 aliphatic heterocycles. The van der Waals surface area contributed by atoms with Crippen molar-refractivity contribution in [3.05, 3.63) is 23.9 Å². The van der Waals surface area contributed by atoms with E-state index in [0.29, 0.717) is 18.5 Å². The number of anilines is 1. The van der Waals surface area contributed by atoms with Crippen LogP contribution in [0.3, 0.4) is 0 Å². The Kier molecular flexibility index (Phi) is 3.79. The molecule has 0 unspecified atom stereocenters. The van der Waals surface area contributed by atoms with Gasteiger partial charge >= 0.3 is 0 Å². The second kappa shape index (κ2) is 5.51. The number of hydrogen-bond donors (Lipinski definition) is 2. The number of nitrogens with two attached hydrogens (primary N) is 1. The standard InChI is InChI=1S/C13H17N5O/c1-4-15-12(14)18-13-16-8(2)10-6-5-9(19-3)7-11(10)17-13/h5-7H,4H2,1-3H3,(H3,14,15,16,17,18). The fourth-order valence-corrected chi connectivity index (χ4v) is 1.78. The number of guanidine groups is 1. The molecular formula is C13H17N5O. The van der Waals surface area contributed by atoms with Crippen molar-refractivity contribution in [2.45, 2.75) is 13.8 Å². The monoisotopic (exact) mass is 259 g/mol. The SMILES string of the molecule is CCN=C(N)Nc1nc(C)c2ccc(OC)cc2n1. The number of methoxy groups -OCH3 is 1. The van der Waals surface area contributed by atoms with Gasteiger partial charge in [0.15, 0.2) is 5.96 Å². The molecule has 6 nitrogen and oxygen atoms in total. The maximum atomic E-state index is 5.70. The van der Waals surface area contributed by atoms with Crippen molar-refractivity contribution in [3.8, 4) is 5.75 Å². The van der Waals surface area contributed by atoms with Gasteiger partial charge in [-0.25, -0.2) is 9.97 Å². The predicted molar refractivity (Wildman–Crippen MR) is 76.6 cm³/mol. The highest BCUT2D eigenvalue weighted by Crippen LogP contribution is 2.22. The third-order valence-corrected chi connectivity index (χ3v) is 2.66. The van der Waals surface area contributed by atoms with E-state index in [-0.39, 0.29) is 0 Å². The van der Waals surface area contributed by atoms with Crippen LogP contribution in [0.15, 0.2) is 23.2 Å². The van der Waals surface area contributed by atoms with Crippen molar-refractivity contribution in [1.29, 1.82) is 0 Å². The van der Waals surface area contributed by atoms with Crippen molar-refractivity contribution >= 4 is 22.8 Å². The van der Waals surface area contributed by atoms with Crippen molar-refractivity contribution in [1.82, 2.24) is 9.97 Å². The lowest BCUT2D eigenvalue weighted by Crippen LogP contribution is -2.24. The molecule has 1 heterocycles. The Morgan fingerprint density at radius 2 is 2.21 bits per heavy atom. The lowest BCUT2D eigenvalue weighted by molar-refractivity contribution is 0.415. The number of rotatable bonds is 3. The quantitative estimate of drug-likeness (QED) is 0.647. The van der Waals surface area contributed by atoms with E-state index < -0.39 is 0 Å². The Bertz CT molecular complexity index is 624. The molecule has 0 radical (unpaired) electrons. The number of aromatic nitrogens is 2. The van der Waals surface area contributed by atoms with E-state index in [9.17, 15) is 0 Å². The molecule has 1 aromatic carbocycles. The molecule has 0 aliphatic carbocycles. The minimum Gasteiger partial charge on any atom is -0.497 e. The van der Waals surface area contributed by atoms with Gasteiger partial charge in [-0.1, -0.05) is 0 Å². The van der Waals surface area contributed by atoms with Crippen molar-refractivity contribution in [3.63, 3.8) is 0 Å². The molecule has 19 heavy (non-hydrogen) atoms. The summed E-state index contributed by atoms with van der Waals surface area (Å²) in [5.74, 6) is 1.50. The van der Waals surface area contributed by atoms with Crippen molar-refractivity contribution in [2.75, 3.05) is 19.0 Å². The van der Waals surface area contributed by atoms with Gasteiger partial charge in [0.1, 0.15) is 5.75 Å². The summed E-state index contributed by atoms with van der Waals surface area (Å²) in [5, 5.41) is 3.86. The summed E-state index contributed by atoms with van der Waals surface area (Å²) in [6.45, 7) is 4.44. The number of aliphatic imine (C=N–C) groups is 1. The molecule has 0 aliphatic rings. The number of fused-ring (bicyclic) bond motifs is 1. The summed E-state index contributed by atoms with van der Waals surface area (Å²) in [6, 6.07) is 5.69. The molecule has 0 spiro atoms. The first-order valence-corrected chi connectivity index (χ1v) is 6.03. The molecule has 0 fully saturated rings. The molecule has 0 atom stereocenters. The summed E-state index contributed by atoms with van der Waals surface area (Å²) in [7, 11) is 1.63. The first-order valence-electron chi connectivity index (χ1n) is 6.03. The highest BCUT2D eigenvalue weighted by atomic mass is 16.5. The second-order valence-corrected chi connectivity index (χ2v) is 4.00. The molecule has 0 saturated carbocycles. The largest absolute Gasteiger partial charge is 0.497 e. The summed E-state index contributed by atoms with van der Waals surface area (Å²) >= 11 is 0. The van der Waals surface area contributed by atoms with Gasteiger partial charge in [0.05, 0.1) is 18.3 Å². The molecule has 0 bridgehead atoms. The summed E-state index contributed by atoms with van der Waals surface area (Å²) in [4.78, 5) is 12.8. The van der Waals surface area contributed by atoms with E-state index in [1.165, 1.54) is 0 Å². The van der Waals surface area contributed by atoms with Crippen LogP contribution in [0.25, 0.3) is 10.9 Å². The van der Waals surface area contributed by atoms with Crippen LogP contribution in [-0.2, 0) is 0 Å². The van der Waals surface area contributed by atoms with Crippen molar-refractivity contribution in [2.24, 2.45) is 10.7 Å². The second-order valence-electron chi connectivity index (χ2n) is 4.00. The van der Waals surface area contributed by atoms with Gasteiger partial charge in [0.25, 0.3) is 0 Å². The Balaban J connectivity index is 2.44. The lowest BCUT2D eigenvalue weighted by Gasteiger charge is -2.08. The Hall–Kier alpha value is -2.37. The van der Waals surface area contributed by atoms with E-state index in [4.69, 9.17) is 10.5 Å². The highest BCUT2D eigenvalue weighted by molar-refractivity contribution is 5.92. The minimum atomic E-state index is 0.309. The van der Waals surface area contributed by atoms with Gasteiger partial charge in [-0.05, 0) is 26.0 Å². The van der Waals surface area contributed by atoms with E-state index in [1.807, 2.05) is 32.0 Å². The third kappa shape index (κ3) is 2.90. The topological polar surface area (TPSA) is 85.4 Å². The first-order chi connectivity index (χ1) is 9.13. The molecule has 2 aromatic rings. The van der Waals surface area contributed by atoms with E-state index >= 15 is 0 Å². The number of nitrogens with zero attached hydrogens (tertiary/aromatic N) is 3. The van der Waals surface area contributed by atoms with Gasteiger partial charge in [-0.2, -0.15) is 0 Å². The average molecular weight is 259 g/mol. The minimum absolute atomic E-state index is 0.309. The predicted octanol–water partition coefficient (Wildman–Crippen LogP) is 1.69. The van der Waals surface area contributed by atoms with Gasteiger partial charge in [-0.3, -0.25) is 10.3 Å². The molecule has 3 N–H and O–H groups in total. The van der Waals surface area contributed by atoms with Crippen LogP contribution in [0.2, 0.25) is 0 Å². The zero-order valence-electron chi connectivity index (χ0n) is 11.3. The molecular weight excluding hydrogens is 242 g/mol. The fraction of sp³-hybridized carbons (Fsp3) is 0.308. The molecule has 6 heteroatoms. The maximum Gasteiger partial charge on any atom is 0.230 e. The van der Waals surface area contributed by atoms with Crippen LogP contribution in [0.4, 0.5) is 5.95 Å². The third-order valence-electron chi connectivity index (χ3n) is 2.66. The normalized spacial score (nSPS) is 11.6. The Morgan fingerprint density at radius 3 is 2.89 bits per heavy atom. The van der Waals surface area contributed by atoms with Crippen LogP contribution in [-0.4, -0.2) is 29.6 Å². The van der Waals surface area contributed by atoms with Gasteiger partial charge in [0.2, 0.25) is 5.95 Å². The van der Waals surface area contributed by atoms with Crippen LogP contribution in [0.5, 0.6) is 5.75 Å². The fourth-order valence-electron chi connectivity index (χ4n) is 1.78. The van der Waals surface area contributed by atoms with Crippen molar-refractivity contribution < 1.29 is 4.74 Å². The molecule has 0 amide bonds. The van der Waals surface area contributed by atoms with Crippen LogP contribution in [0.1, 0.15) is 12.6 Å². The summed E-state index contributed by atoms with van der Waals surface area (Å²) < 4.78 is 5.19. The van der Waals surface area contributed by atoms with Crippen LogP contribution >= 0.6 is 0 Å². The first kappa shape index (κ1) is 13.1. The van der Waals surface area contributed by atoms with Crippen LogP contribution < -0.4 is 15.8 Å². The molecule has 100 valence electrons. The Labute approximate surface area is 111 Å². The summed E-state index contributed by atoms with van der Waals surface area (Å²) in [6.07, 6.45) is 0. The number of nitrogens with one attached hydrogen (secondary N) is 1. The Morgan fingerprint density at radius 1 is 1.42 bits per heavy atom. The molecule has 2 rings (SSSR count). The van der Waals surface area contributed by atoms with Crippen LogP contribution in [0, 0.1) is 6.92 Å². The lowest BCUT2D eigenvalue weighted by atomic mass is 10.2. The number of benzene rings is 1. The van der Waals surface area contributed by atoms with E-state index in [1.54, 1.807) is 7.11 Å². The van der Waals surface area contributed by atoms with E-state index in [2.05, 4.69) is 20.3 Å². The zero-order valence-corrected chi connectivity index (χ0v) is 11.3. The number of ether oxygens (including phenoxy) is 1. The summed E-state index contributed by atoms with van der Waals surface area (Å²) in [5.41, 5.74) is 7.38. The number of aryl methyl sites for hydroxylation is 1. The zero-order chi connectivity index (χ0) is 13.8.